The largest absolute Gasteiger partial charge is 0.298 e. The van der Waals surface area contributed by atoms with Crippen molar-refractivity contribution in [2.24, 2.45) is 22.7 Å². The van der Waals surface area contributed by atoms with Crippen LogP contribution in [0, 0.1) is 34.0 Å². The van der Waals surface area contributed by atoms with Gasteiger partial charge in [0, 0.05) is 4.88 Å². The van der Waals surface area contributed by atoms with Crippen LogP contribution in [-0.4, -0.2) is 17.6 Å². The molecule has 2 heterocycles. The molecule has 0 spiro atoms. The third-order valence-electron chi connectivity index (χ3n) is 10.0. The first-order chi connectivity index (χ1) is 19.5. The monoisotopic (exact) mass is 546 g/mol. The first-order valence-corrected chi connectivity index (χ1v) is 15.1. The number of carbonyl (C=O) groups is 3. The number of anilines is 1. The summed E-state index contributed by atoms with van der Waals surface area (Å²) < 4.78 is 0. The van der Waals surface area contributed by atoms with Gasteiger partial charge in [-0.05, 0) is 66.4 Å². The fourth-order valence-electron chi connectivity index (χ4n) is 8.48. The van der Waals surface area contributed by atoms with Gasteiger partial charge in [-0.3, -0.25) is 14.4 Å². The number of hydrogen-bond acceptors (Lipinski definition) is 5. The van der Waals surface area contributed by atoms with Crippen molar-refractivity contribution in [3.05, 3.63) is 87.8 Å². The molecule has 1 aliphatic heterocycles. The Balaban J connectivity index is 1.50. The highest BCUT2D eigenvalue weighted by atomic mass is 32.1. The van der Waals surface area contributed by atoms with Crippen molar-refractivity contribution in [3.8, 4) is 6.07 Å². The van der Waals surface area contributed by atoms with Crippen molar-refractivity contribution < 1.29 is 14.4 Å². The molecule has 5 nitrogen and oxygen atoms in total. The van der Waals surface area contributed by atoms with Crippen LogP contribution in [0.15, 0.2) is 60.7 Å². The van der Waals surface area contributed by atoms with E-state index in [0.717, 1.165) is 58.4 Å². The lowest BCUT2D eigenvalue weighted by molar-refractivity contribution is -0.134. The van der Waals surface area contributed by atoms with Gasteiger partial charge in [-0.1, -0.05) is 74.5 Å². The maximum Gasteiger partial charge on any atom is 0.239 e. The molecular formula is C34H30N2O3S. The number of imide groups is 1. The van der Waals surface area contributed by atoms with Gasteiger partial charge in [-0.15, -0.1) is 11.3 Å². The van der Waals surface area contributed by atoms with E-state index in [1.807, 2.05) is 74.5 Å². The molecule has 1 aromatic heterocycles. The van der Waals surface area contributed by atoms with E-state index < -0.39 is 22.7 Å². The minimum atomic E-state index is -1.11. The number of benzene rings is 2. The van der Waals surface area contributed by atoms with Crippen molar-refractivity contribution >= 4 is 45.1 Å². The van der Waals surface area contributed by atoms with Gasteiger partial charge in [0.25, 0.3) is 0 Å². The van der Waals surface area contributed by atoms with Crippen LogP contribution >= 0.6 is 11.3 Å². The fraction of sp³-hybridized carbons (Fsp3) is 0.353. The normalized spacial score (nSPS) is 28.7. The summed E-state index contributed by atoms with van der Waals surface area (Å²) in [5.74, 6) is -2.21. The molecule has 2 bridgehead atoms. The zero-order chi connectivity index (χ0) is 27.8. The van der Waals surface area contributed by atoms with Gasteiger partial charge in [-0.2, -0.15) is 5.26 Å². The molecule has 40 heavy (non-hydrogen) atoms. The van der Waals surface area contributed by atoms with Crippen LogP contribution in [0.1, 0.15) is 66.7 Å². The van der Waals surface area contributed by atoms with Crippen LogP contribution in [0.2, 0.25) is 0 Å². The Hall–Kier alpha value is -3.82. The highest BCUT2D eigenvalue weighted by Crippen LogP contribution is 2.76. The minimum Gasteiger partial charge on any atom is -0.298 e. The van der Waals surface area contributed by atoms with E-state index in [1.165, 1.54) is 16.2 Å². The maximum absolute atomic E-state index is 14.9. The van der Waals surface area contributed by atoms with Gasteiger partial charge < -0.3 is 0 Å². The van der Waals surface area contributed by atoms with Crippen molar-refractivity contribution in [2.45, 2.75) is 52.4 Å². The fourth-order valence-corrected chi connectivity index (χ4v) is 9.83. The number of fused-ring (bicyclic) bond motifs is 6. The molecule has 4 aliphatic rings. The molecule has 4 atom stereocenters. The average Bonchev–Trinajstić information content (AvgIpc) is 3.64. The zero-order valence-electron chi connectivity index (χ0n) is 22.7. The van der Waals surface area contributed by atoms with Gasteiger partial charge in [0.2, 0.25) is 11.8 Å². The average molecular weight is 547 g/mol. The SMILES string of the molecule is CC[C@]12C(=O)[C@](CC)(C(c3ccccc3)=C1c1ccccc1)[C@H]1C(=O)N(c3sc4c(c3C#N)CCCC4)C(=O)[C@H]12. The lowest BCUT2D eigenvalue weighted by atomic mass is 9.60. The number of hydrogen-bond donors (Lipinski definition) is 0. The number of Topliss-reactive ketones (excluding diaryl/α,β-unsaturated/α-hetero) is 1. The summed E-state index contributed by atoms with van der Waals surface area (Å²) in [5, 5.41) is 10.6. The Labute approximate surface area is 238 Å². The van der Waals surface area contributed by atoms with E-state index in [1.54, 1.807) is 0 Å². The molecule has 6 heteroatoms. The summed E-state index contributed by atoms with van der Waals surface area (Å²) in [4.78, 5) is 46.4. The molecule has 0 N–H and O–H groups in total. The van der Waals surface area contributed by atoms with E-state index in [2.05, 4.69) is 6.07 Å². The summed E-state index contributed by atoms with van der Waals surface area (Å²) in [7, 11) is 0. The van der Waals surface area contributed by atoms with E-state index in [0.29, 0.717) is 23.4 Å². The molecule has 200 valence electrons. The van der Waals surface area contributed by atoms with Crippen molar-refractivity contribution in [3.63, 3.8) is 0 Å². The first kappa shape index (κ1) is 25.2. The number of aryl methyl sites for hydroxylation is 1. The van der Waals surface area contributed by atoms with Crippen molar-refractivity contribution in [2.75, 3.05) is 4.90 Å². The molecule has 2 fully saturated rings. The Kier molecular flexibility index (Phi) is 5.56. The Morgan fingerprint density at radius 2 is 1.32 bits per heavy atom. The number of thiophene rings is 1. The lowest BCUT2D eigenvalue weighted by Crippen LogP contribution is -2.41. The molecule has 2 aromatic carbocycles. The van der Waals surface area contributed by atoms with Gasteiger partial charge in [0.05, 0.1) is 28.2 Å². The van der Waals surface area contributed by atoms with Gasteiger partial charge in [-0.25, -0.2) is 4.90 Å². The van der Waals surface area contributed by atoms with E-state index in [-0.39, 0.29) is 17.6 Å². The minimum absolute atomic E-state index is 0.00466. The summed E-state index contributed by atoms with van der Waals surface area (Å²) in [5.41, 5.74) is 2.87. The predicted octanol–water partition coefficient (Wildman–Crippen LogP) is 6.60. The third kappa shape index (κ3) is 2.84. The van der Waals surface area contributed by atoms with E-state index in [9.17, 15) is 19.6 Å². The second-order valence-corrected chi connectivity index (χ2v) is 12.5. The highest BCUT2D eigenvalue weighted by molar-refractivity contribution is 7.17. The molecule has 0 radical (unpaired) electrons. The second kappa shape index (κ2) is 8.84. The van der Waals surface area contributed by atoms with E-state index >= 15 is 0 Å². The van der Waals surface area contributed by atoms with Crippen LogP contribution in [0.3, 0.4) is 0 Å². The van der Waals surface area contributed by atoms with Crippen LogP contribution in [0.25, 0.3) is 11.1 Å². The molecule has 3 aliphatic carbocycles. The number of allylic oxidation sites excluding steroid dienone is 2. The van der Waals surface area contributed by atoms with Crippen molar-refractivity contribution in [1.29, 1.82) is 5.26 Å². The summed E-state index contributed by atoms with van der Waals surface area (Å²) >= 11 is 1.42. The molecular weight excluding hydrogens is 516 g/mol. The number of nitrogens with zero attached hydrogens (tertiary/aromatic N) is 2. The van der Waals surface area contributed by atoms with Crippen LogP contribution < -0.4 is 4.90 Å². The number of ketones is 1. The first-order valence-electron chi connectivity index (χ1n) is 14.3. The topological polar surface area (TPSA) is 78.2 Å². The number of nitriles is 1. The van der Waals surface area contributed by atoms with Crippen LogP contribution in [0.4, 0.5) is 5.00 Å². The Bertz CT molecular complexity index is 1580. The number of rotatable bonds is 5. The molecule has 3 aromatic rings. The van der Waals surface area contributed by atoms with E-state index in [4.69, 9.17) is 0 Å². The smallest absolute Gasteiger partial charge is 0.239 e. The number of carbonyl (C=O) groups excluding carboxylic acids is 3. The molecule has 1 saturated heterocycles. The van der Waals surface area contributed by atoms with Crippen molar-refractivity contribution in [1.82, 2.24) is 0 Å². The summed E-state index contributed by atoms with van der Waals surface area (Å²) in [6.07, 6.45) is 4.56. The quantitative estimate of drug-likeness (QED) is 0.338. The Morgan fingerprint density at radius 1 is 0.825 bits per heavy atom. The number of amides is 2. The Morgan fingerprint density at radius 3 is 1.80 bits per heavy atom. The molecule has 7 rings (SSSR count). The summed E-state index contributed by atoms with van der Waals surface area (Å²) in [6, 6.07) is 22.2. The predicted molar refractivity (Wildman–Crippen MR) is 155 cm³/mol. The second-order valence-electron chi connectivity index (χ2n) is 11.4. The van der Waals surface area contributed by atoms with Gasteiger partial charge in [0.1, 0.15) is 11.1 Å². The van der Waals surface area contributed by atoms with Gasteiger partial charge in [0.15, 0.2) is 5.78 Å². The molecule has 0 unspecified atom stereocenters. The highest BCUT2D eigenvalue weighted by Gasteiger charge is 2.80. The van der Waals surface area contributed by atoms with Crippen LogP contribution in [-0.2, 0) is 27.2 Å². The third-order valence-corrected chi connectivity index (χ3v) is 11.3. The molecule has 2 amide bonds. The zero-order valence-corrected chi connectivity index (χ0v) is 23.5. The van der Waals surface area contributed by atoms with Crippen LogP contribution in [0.5, 0.6) is 0 Å². The maximum atomic E-state index is 14.9. The van der Waals surface area contributed by atoms with Gasteiger partial charge >= 0.3 is 0 Å². The lowest BCUT2D eigenvalue weighted by Gasteiger charge is -2.38. The molecule has 1 saturated carbocycles. The standard InChI is InChI=1S/C34H30N2O3S/c1-3-33-25(20-13-7-5-8-14-20)26(21-15-9-6-10-16-21)34(4-2,32(33)39)28-27(33)29(37)36(30(28)38)31-23(19-35)22-17-11-12-18-24(22)40-31/h5-10,13-16,27-28H,3-4,11-12,17-18H2,1-2H3/t27-,28+,33-,34+. The summed E-state index contributed by atoms with van der Waals surface area (Å²) in [6.45, 7) is 3.95.